The van der Waals surface area contributed by atoms with Crippen LogP contribution < -0.4 is 5.73 Å². The van der Waals surface area contributed by atoms with E-state index in [0.29, 0.717) is 6.04 Å². The molecule has 1 saturated carbocycles. The van der Waals surface area contributed by atoms with Crippen molar-refractivity contribution in [3.05, 3.63) is 35.9 Å². The third kappa shape index (κ3) is 2.85. The number of rotatable bonds is 3. The summed E-state index contributed by atoms with van der Waals surface area (Å²) >= 11 is 0. The largest absolute Gasteiger partial charge is 0.324 e. The summed E-state index contributed by atoms with van der Waals surface area (Å²) < 4.78 is 0. The molecular weight excluding hydrogens is 232 g/mol. The van der Waals surface area contributed by atoms with Gasteiger partial charge >= 0.3 is 0 Å². The number of benzene rings is 1. The molecule has 3 rings (SSSR count). The molecule has 2 N–H and O–H groups in total. The van der Waals surface area contributed by atoms with Crippen LogP contribution in [0.3, 0.4) is 0 Å². The minimum atomic E-state index is 0.0868. The van der Waals surface area contributed by atoms with Gasteiger partial charge in [0.15, 0.2) is 0 Å². The number of likely N-dealkylation sites (tertiary alicyclic amines) is 1. The van der Waals surface area contributed by atoms with Gasteiger partial charge in [-0.3, -0.25) is 4.90 Å². The van der Waals surface area contributed by atoms with Crippen molar-refractivity contribution in [3.8, 4) is 0 Å². The first-order valence-corrected chi connectivity index (χ1v) is 7.85. The highest BCUT2D eigenvalue weighted by atomic mass is 15.2. The molecule has 1 saturated heterocycles. The summed E-state index contributed by atoms with van der Waals surface area (Å²) in [6.45, 7) is 2.29. The molecule has 2 heteroatoms. The average Bonchev–Trinajstić information content (AvgIpc) is 2.90. The van der Waals surface area contributed by atoms with Crippen molar-refractivity contribution >= 4 is 0 Å². The van der Waals surface area contributed by atoms with Crippen LogP contribution in [0.4, 0.5) is 0 Å². The van der Waals surface area contributed by atoms with Crippen LogP contribution >= 0.6 is 0 Å². The summed E-state index contributed by atoms with van der Waals surface area (Å²) in [6, 6.07) is 11.4. The topological polar surface area (TPSA) is 29.3 Å². The Bertz CT molecular complexity index is 395. The van der Waals surface area contributed by atoms with E-state index >= 15 is 0 Å². The maximum Gasteiger partial charge on any atom is 0.0312 e. The Balaban J connectivity index is 1.70. The molecule has 0 radical (unpaired) electrons. The normalized spacial score (nSPS) is 27.5. The summed E-state index contributed by atoms with van der Waals surface area (Å²) in [5.74, 6) is 0. The first-order chi connectivity index (χ1) is 9.28. The van der Waals surface area contributed by atoms with Crippen molar-refractivity contribution in [2.24, 2.45) is 5.73 Å². The second kappa shape index (κ2) is 5.64. The summed E-state index contributed by atoms with van der Waals surface area (Å²) in [5, 5.41) is 0. The quantitative estimate of drug-likeness (QED) is 0.901. The fourth-order valence-corrected chi connectivity index (χ4v) is 4.03. The molecule has 1 unspecified atom stereocenters. The molecule has 0 bridgehead atoms. The van der Waals surface area contributed by atoms with E-state index in [1.807, 2.05) is 0 Å². The standard InChI is InChI=1S/C17H26N2/c18-17(11-5-2-6-12-17)16-10-7-13-19(16)14-15-8-3-1-4-9-15/h1,3-4,8-9,16H,2,5-7,10-14,18H2. The average molecular weight is 258 g/mol. The van der Waals surface area contributed by atoms with Crippen LogP contribution in [0, 0.1) is 0 Å². The van der Waals surface area contributed by atoms with Crippen molar-refractivity contribution in [1.82, 2.24) is 4.90 Å². The van der Waals surface area contributed by atoms with Crippen molar-refractivity contribution in [1.29, 1.82) is 0 Å². The van der Waals surface area contributed by atoms with Gasteiger partial charge in [-0.25, -0.2) is 0 Å². The van der Waals surface area contributed by atoms with E-state index < -0.39 is 0 Å². The Kier molecular flexibility index (Phi) is 3.90. The van der Waals surface area contributed by atoms with Crippen molar-refractivity contribution in [3.63, 3.8) is 0 Å². The maximum absolute atomic E-state index is 6.77. The van der Waals surface area contributed by atoms with Crippen molar-refractivity contribution in [2.45, 2.75) is 63.1 Å². The van der Waals surface area contributed by atoms with Gasteiger partial charge in [0.05, 0.1) is 0 Å². The first-order valence-electron chi connectivity index (χ1n) is 7.85. The van der Waals surface area contributed by atoms with Crippen LogP contribution in [0.5, 0.6) is 0 Å². The van der Waals surface area contributed by atoms with Gasteiger partial charge in [-0.05, 0) is 37.8 Å². The smallest absolute Gasteiger partial charge is 0.0312 e. The zero-order valence-electron chi connectivity index (χ0n) is 11.9. The van der Waals surface area contributed by atoms with Crippen LogP contribution in [0.25, 0.3) is 0 Å². The molecule has 1 atom stereocenters. The summed E-state index contributed by atoms with van der Waals surface area (Å²) in [4.78, 5) is 2.64. The Hall–Kier alpha value is -0.860. The number of nitrogens with zero attached hydrogens (tertiary/aromatic N) is 1. The highest BCUT2D eigenvalue weighted by Gasteiger charge is 2.41. The minimum absolute atomic E-state index is 0.0868. The predicted octanol–water partition coefficient (Wildman–Crippen LogP) is 3.31. The molecule has 0 amide bonds. The van der Waals surface area contributed by atoms with Crippen molar-refractivity contribution in [2.75, 3.05) is 6.54 Å². The third-order valence-electron chi connectivity index (χ3n) is 5.04. The molecular formula is C17H26N2. The molecule has 1 aromatic carbocycles. The van der Waals surface area contributed by atoms with Gasteiger partial charge < -0.3 is 5.73 Å². The molecule has 1 aliphatic carbocycles. The van der Waals surface area contributed by atoms with Crippen LogP contribution in [0.1, 0.15) is 50.5 Å². The van der Waals surface area contributed by atoms with Gasteiger partial charge in [0.1, 0.15) is 0 Å². The molecule has 1 heterocycles. The molecule has 1 aromatic rings. The Morgan fingerprint density at radius 3 is 2.53 bits per heavy atom. The second-order valence-corrected chi connectivity index (χ2v) is 6.41. The molecule has 2 fully saturated rings. The molecule has 104 valence electrons. The lowest BCUT2D eigenvalue weighted by Crippen LogP contribution is -2.56. The Labute approximate surface area is 117 Å². The lowest BCUT2D eigenvalue weighted by molar-refractivity contribution is 0.121. The van der Waals surface area contributed by atoms with Crippen LogP contribution in [0.2, 0.25) is 0 Å². The fourth-order valence-electron chi connectivity index (χ4n) is 4.03. The number of hydrogen-bond acceptors (Lipinski definition) is 2. The van der Waals surface area contributed by atoms with Gasteiger partial charge in [0.2, 0.25) is 0 Å². The van der Waals surface area contributed by atoms with E-state index in [0.717, 1.165) is 6.54 Å². The third-order valence-corrected chi connectivity index (χ3v) is 5.04. The zero-order chi connectivity index (χ0) is 13.1. The Morgan fingerprint density at radius 2 is 1.79 bits per heavy atom. The Morgan fingerprint density at radius 1 is 1.05 bits per heavy atom. The first kappa shape index (κ1) is 13.1. The van der Waals surface area contributed by atoms with Crippen LogP contribution in [-0.4, -0.2) is 23.0 Å². The minimum Gasteiger partial charge on any atom is -0.324 e. The van der Waals surface area contributed by atoms with Gasteiger partial charge in [-0.2, -0.15) is 0 Å². The summed E-state index contributed by atoms with van der Waals surface area (Å²) in [7, 11) is 0. The molecule has 2 aliphatic rings. The predicted molar refractivity (Wildman–Crippen MR) is 79.9 cm³/mol. The van der Waals surface area contributed by atoms with Gasteiger partial charge in [-0.1, -0.05) is 49.6 Å². The van der Waals surface area contributed by atoms with E-state index in [9.17, 15) is 0 Å². The summed E-state index contributed by atoms with van der Waals surface area (Å²) in [5.41, 5.74) is 8.28. The highest BCUT2D eigenvalue weighted by Crippen LogP contribution is 2.36. The molecule has 2 nitrogen and oxygen atoms in total. The maximum atomic E-state index is 6.77. The molecule has 0 spiro atoms. The van der Waals surface area contributed by atoms with Gasteiger partial charge in [-0.15, -0.1) is 0 Å². The van der Waals surface area contributed by atoms with Crippen LogP contribution in [-0.2, 0) is 6.54 Å². The lowest BCUT2D eigenvalue weighted by atomic mass is 9.76. The molecule has 0 aromatic heterocycles. The fraction of sp³-hybridized carbons (Fsp3) is 0.647. The monoisotopic (exact) mass is 258 g/mol. The highest BCUT2D eigenvalue weighted by molar-refractivity contribution is 5.15. The van der Waals surface area contributed by atoms with Gasteiger partial charge in [0.25, 0.3) is 0 Å². The van der Waals surface area contributed by atoms with E-state index in [1.54, 1.807) is 0 Å². The zero-order valence-corrected chi connectivity index (χ0v) is 11.9. The van der Waals surface area contributed by atoms with E-state index in [2.05, 4.69) is 35.2 Å². The van der Waals surface area contributed by atoms with E-state index in [4.69, 9.17) is 5.73 Å². The second-order valence-electron chi connectivity index (χ2n) is 6.41. The van der Waals surface area contributed by atoms with Crippen molar-refractivity contribution < 1.29 is 0 Å². The lowest BCUT2D eigenvalue weighted by Gasteiger charge is -2.43. The SMILES string of the molecule is NC1(C2CCCN2Cc2ccccc2)CCCCC1. The number of nitrogens with two attached hydrogens (primary N) is 1. The van der Waals surface area contributed by atoms with E-state index in [-0.39, 0.29) is 5.54 Å². The molecule has 19 heavy (non-hydrogen) atoms. The van der Waals surface area contributed by atoms with Crippen LogP contribution in [0.15, 0.2) is 30.3 Å². The number of hydrogen-bond donors (Lipinski definition) is 1. The van der Waals surface area contributed by atoms with E-state index in [1.165, 1.54) is 57.1 Å². The molecule has 1 aliphatic heterocycles. The summed E-state index contributed by atoms with van der Waals surface area (Å²) in [6.07, 6.45) is 9.09. The van der Waals surface area contributed by atoms with Gasteiger partial charge in [0, 0.05) is 18.1 Å².